The third-order valence-corrected chi connectivity index (χ3v) is 13.3. The van der Waals surface area contributed by atoms with E-state index in [1.165, 1.54) is 0 Å². The second-order valence-corrected chi connectivity index (χ2v) is 16.8. The fraction of sp³-hybridized carbons (Fsp3) is 0. The average Bonchev–Trinajstić information content (AvgIpc) is 4.13. The maximum atomic E-state index is 7.36. The molecule has 4 heterocycles. The standard InChI is InChI=1S/C60H37N3O2/c1-4-15-39(16-5-1)61(40-17-6-2-7-18-40)43-31-34-52-50(37-43)57-54(63(52)42-29-27-38(28-30-42)44-23-14-24-46-45-21-11-13-26-55(45)64-58(44)46)36-33-48-47-32-35-53-56(59(47)65-60(48)57)49-22-10-12-25-51(49)62(53)41-19-8-3-9-20-41/h1-37H. The quantitative estimate of drug-likeness (QED) is 0.168. The van der Waals surface area contributed by atoms with Crippen LogP contribution < -0.4 is 4.90 Å². The van der Waals surface area contributed by atoms with Gasteiger partial charge in [-0.15, -0.1) is 0 Å². The van der Waals surface area contributed by atoms with Crippen molar-refractivity contribution in [2.45, 2.75) is 0 Å². The van der Waals surface area contributed by atoms with Crippen LogP contribution >= 0.6 is 0 Å². The van der Waals surface area contributed by atoms with Crippen molar-refractivity contribution >= 4 is 105 Å². The van der Waals surface area contributed by atoms with E-state index in [0.29, 0.717) is 0 Å². The highest BCUT2D eigenvalue weighted by Gasteiger charge is 2.24. The summed E-state index contributed by atoms with van der Waals surface area (Å²) in [6, 6.07) is 79.9. The summed E-state index contributed by atoms with van der Waals surface area (Å²) in [7, 11) is 0. The van der Waals surface area contributed by atoms with Gasteiger partial charge in [0.1, 0.15) is 22.3 Å². The lowest BCUT2D eigenvalue weighted by molar-refractivity contribution is 0.670. The third-order valence-electron chi connectivity index (χ3n) is 13.3. The van der Waals surface area contributed by atoms with Crippen molar-refractivity contribution in [1.29, 1.82) is 0 Å². The van der Waals surface area contributed by atoms with Crippen LogP contribution in [0, 0.1) is 0 Å². The van der Waals surface area contributed by atoms with Crippen molar-refractivity contribution in [3.05, 3.63) is 224 Å². The third kappa shape index (κ3) is 5.27. The lowest BCUT2D eigenvalue weighted by Gasteiger charge is -2.25. The first-order chi connectivity index (χ1) is 32.3. The lowest BCUT2D eigenvalue weighted by atomic mass is 10.0. The van der Waals surface area contributed by atoms with Gasteiger partial charge >= 0.3 is 0 Å². The van der Waals surface area contributed by atoms with E-state index in [-0.39, 0.29) is 0 Å². The summed E-state index contributed by atoms with van der Waals surface area (Å²) in [5.74, 6) is 0. The molecule has 5 nitrogen and oxygen atoms in total. The predicted octanol–water partition coefficient (Wildman–Crippen LogP) is 16.8. The highest BCUT2D eigenvalue weighted by molar-refractivity contribution is 6.29. The van der Waals surface area contributed by atoms with Gasteiger partial charge in [-0.25, -0.2) is 0 Å². The highest BCUT2D eigenvalue weighted by atomic mass is 16.3. The number of fused-ring (bicyclic) bond motifs is 14. The molecule has 14 rings (SSSR count). The van der Waals surface area contributed by atoms with Crippen LogP contribution in [-0.2, 0) is 0 Å². The molecule has 5 heteroatoms. The highest BCUT2D eigenvalue weighted by Crippen LogP contribution is 2.47. The van der Waals surface area contributed by atoms with E-state index in [1.54, 1.807) is 0 Å². The first-order valence-electron chi connectivity index (χ1n) is 22.1. The van der Waals surface area contributed by atoms with E-state index in [1.807, 2.05) is 12.1 Å². The Hall–Kier alpha value is -8.80. The smallest absolute Gasteiger partial charge is 0.145 e. The maximum absolute atomic E-state index is 7.36. The molecule has 0 amide bonds. The van der Waals surface area contributed by atoms with Crippen LogP contribution in [-0.4, -0.2) is 9.13 Å². The number of rotatable bonds is 6. The topological polar surface area (TPSA) is 39.4 Å². The first kappa shape index (κ1) is 35.8. The number of benzene rings is 10. The van der Waals surface area contributed by atoms with Gasteiger partial charge in [-0.3, -0.25) is 0 Å². The SMILES string of the molecule is c1ccc(N(c2ccccc2)c2ccc3c(c2)c2c4oc5c(ccc6c5c5ccccc5n6-c5ccccc5)c4ccc2n3-c2ccc(-c3cccc4c3oc3ccccc34)cc2)cc1. The van der Waals surface area contributed by atoms with Gasteiger partial charge in [0.05, 0.1) is 32.8 Å². The van der Waals surface area contributed by atoms with E-state index in [4.69, 9.17) is 8.83 Å². The van der Waals surface area contributed by atoms with Gasteiger partial charge in [0.25, 0.3) is 0 Å². The fourth-order valence-corrected chi connectivity index (χ4v) is 10.5. The molecule has 0 bridgehead atoms. The molecule has 10 aromatic carbocycles. The molecule has 304 valence electrons. The zero-order valence-corrected chi connectivity index (χ0v) is 35.0. The summed E-state index contributed by atoms with van der Waals surface area (Å²) in [5.41, 5.74) is 15.6. The molecule has 0 spiro atoms. The van der Waals surface area contributed by atoms with E-state index >= 15 is 0 Å². The van der Waals surface area contributed by atoms with Crippen LogP contribution in [0.1, 0.15) is 0 Å². The fourth-order valence-electron chi connectivity index (χ4n) is 10.5. The Kier molecular flexibility index (Phi) is 7.62. The van der Waals surface area contributed by atoms with E-state index < -0.39 is 0 Å². The number of aromatic nitrogens is 2. The van der Waals surface area contributed by atoms with Crippen LogP contribution in [0.3, 0.4) is 0 Å². The van der Waals surface area contributed by atoms with Crippen LogP contribution in [0.4, 0.5) is 17.1 Å². The molecule has 0 unspecified atom stereocenters. The average molecular weight is 832 g/mol. The molecule has 0 N–H and O–H groups in total. The van der Waals surface area contributed by atoms with Crippen molar-refractivity contribution in [2.24, 2.45) is 0 Å². The number of hydrogen-bond donors (Lipinski definition) is 0. The van der Waals surface area contributed by atoms with Gasteiger partial charge in [0.15, 0.2) is 0 Å². The summed E-state index contributed by atoms with van der Waals surface area (Å²) in [5, 5.41) is 8.91. The Morgan fingerprint density at radius 1 is 0.308 bits per heavy atom. The summed E-state index contributed by atoms with van der Waals surface area (Å²) in [4.78, 5) is 2.33. The Balaban J connectivity index is 1.03. The van der Waals surface area contributed by atoms with Gasteiger partial charge in [-0.1, -0.05) is 121 Å². The van der Waals surface area contributed by atoms with Gasteiger partial charge < -0.3 is 22.9 Å². The second kappa shape index (κ2) is 13.9. The second-order valence-electron chi connectivity index (χ2n) is 16.8. The number of furan rings is 2. The molecule has 0 fully saturated rings. The van der Waals surface area contributed by atoms with Crippen LogP contribution in [0.2, 0.25) is 0 Å². The minimum absolute atomic E-state index is 0.876. The Bertz CT molecular complexity index is 4120. The van der Waals surface area contributed by atoms with Crippen molar-refractivity contribution in [2.75, 3.05) is 4.90 Å². The van der Waals surface area contributed by atoms with Gasteiger partial charge in [-0.2, -0.15) is 0 Å². The van der Waals surface area contributed by atoms with Crippen LogP contribution in [0.15, 0.2) is 233 Å². The van der Waals surface area contributed by atoms with E-state index in [2.05, 4.69) is 226 Å². The van der Waals surface area contributed by atoms with Crippen LogP contribution in [0.25, 0.3) is 110 Å². The molecular formula is C60H37N3O2. The number of para-hydroxylation sites is 6. The molecule has 0 aliphatic heterocycles. The van der Waals surface area contributed by atoms with E-state index in [9.17, 15) is 0 Å². The van der Waals surface area contributed by atoms with Crippen molar-refractivity contribution in [3.8, 4) is 22.5 Å². The van der Waals surface area contributed by atoms with E-state index in [0.717, 1.165) is 127 Å². The Morgan fingerprint density at radius 3 is 1.52 bits per heavy atom. The molecule has 4 aromatic heterocycles. The molecule has 0 saturated heterocycles. The number of nitrogens with zero attached hydrogens (tertiary/aromatic N) is 3. The molecule has 0 aliphatic rings. The minimum Gasteiger partial charge on any atom is -0.455 e. The molecule has 65 heavy (non-hydrogen) atoms. The summed E-state index contributed by atoms with van der Waals surface area (Å²) in [6.45, 7) is 0. The first-order valence-corrected chi connectivity index (χ1v) is 22.1. The Labute approximate surface area is 372 Å². The van der Waals surface area contributed by atoms with Gasteiger partial charge in [-0.05, 0) is 109 Å². The summed E-state index contributed by atoms with van der Waals surface area (Å²) in [6.07, 6.45) is 0. The zero-order chi connectivity index (χ0) is 42.6. The lowest BCUT2D eigenvalue weighted by Crippen LogP contribution is -2.09. The molecule has 0 atom stereocenters. The molecule has 14 aromatic rings. The van der Waals surface area contributed by atoms with Gasteiger partial charge in [0, 0.05) is 66.3 Å². The largest absolute Gasteiger partial charge is 0.455 e. The maximum Gasteiger partial charge on any atom is 0.145 e. The van der Waals surface area contributed by atoms with Crippen molar-refractivity contribution in [3.63, 3.8) is 0 Å². The number of hydrogen-bond acceptors (Lipinski definition) is 3. The minimum atomic E-state index is 0.876. The number of anilines is 3. The van der Waals surface area contributed by atoms with Crippen molar-refractivity contribution in [1.82, 2.24) is 9.13 Å². The summed E-state index contributed by atoms with van der Waals surface area (Å²) >= 11 is 0. The predicted molar refractivity (Wildman–Crippen MR) is 270 cm³/mol. The van der Waals surface area contributed by atoms with Gasteiger partial charge in [0.2, 0.25) is 0 Å². The molecule has 0 saturated carbocycles. The molecule has 0 aliphatic carbocycles. The van der Waals surface area contributed by atoms with Crippen molar-refractivity contribution < 1.29 is 8.83 Å². The monoisotopic (exact) mass is 831 g/mol. The summed E-state index contributed by atoms with van der Waals surface area (Å²) < 4.78 is 18.6. The normalized spacial score (nSPS) is 12.0. The zero-order valence-electron chi connectivity index (χ0n) is 35.0. The molecular weight excluding hydrogens is 795 g/mol. The van der Waals surface area contributed by atoms with Crippen LogP contribution in [0.5, 0.6) is 0 Å². The Morgan fingerprint density at radius 2 is 0.831 bits per heavy atom. The molecule has 0 radical (unpaired) electrons.